The van der Waals surface area contributed by atoms with Crippen LogP contribution in [0.4, 0.5) is 5.69 Å². The lowest BCUT2D eigenvalue weighted by Gasteiger charge is -2.08. The largest absolute Gasteiger partial charge is 0.495 e. The number of carbonyl (C=O) groups excluding carboxylic acids is 1. The summed E-state index contributed by atoms with van der Waals surface area (Å²) in [4.78, 5) is 16.5. The number of ether oxygens (including phenoxy) is 1. The molecule has 0 saturated heterocycles. The number of nitrogens with zero attached hydrogens (tertiary/aromatic N) is 5. The van der Waals surface area contributed by atoms with Crippen LogP contribution in [0.25, 0.3) is 11.6 Å². The van der Waals surface area contributed by atoms with E-state index in [4.69, 9.17) is 19.5 Å². The van der Waals surface area contributed by atoms with Crippen molar-refractivity contribution < 1.29 is 18.5 Å². The summed E-state index contributed by atoms with van der Waals surface area (Å²) < 4.78 is 17.0. The summed E-state index contributed by atoms with van der Waals surface area (Å²) >= 11 is 1.27. The lowest BCUT2D eigenvalue weighted by molar-refractivity contribution is -0.115. The van der Waals surface area contributed by atoms with Crippen molar-refractivity contribution >= 4 is 23.4 Å². The molecule has 0 unspecified atom stereocenters. The molecule has 0 aliphatic heterocycles. The van der Waals surface area contributed by atoms with Crippen molar-refractivity contribution in [2.45, 2.75) is 17.3 Å². The number of rotatable bonds is 8. The minimum atomic E-state index is -0.288. The molecule has 0 radical (unpaired) electrons. The Bertz CT molecular complexity index is 1140. The lowest BCUT2D eigenvalue weighted by Crippen LogP contribution is -2.15. The molecule has 30 heavy (non-hydrogen) atoms. The first-order chi connectivity index (χ1) is 14.6. The van der Waals surface area contributed by atoms with E-state index in [1.165, 1.54) is 29.8 Å². The van der Waals surface area contributed by atoms with Crippen molar-refractivity contribution in [3.05, 3.63) is 54.4 Å². The van der Waals surface area contributed by atoms with E-state index in [0.29, 0.717) is 39.8 Å². The van der Waals surface area contributed by atoms with Crippen LogP contribution in [-0.2, 0) is 17.0 Å². The molecular weight excluding hydrogens is 410 g/mol. The second-order valence-electron chi connectivity index (χ2n) is 5.97. The molecule has 4 rings (SSSR count). The number of aromatic nitrogens is 5. The highest BCUT2D eigenvalue weighted by Crippen LogP contribution is 2.25. The number of furan rings is 1. The zero-order valence-electron chi connectivity index (χ0n) is 15.8. The van der Waals surface area contributed by atoms with Crippen LogP contribution in [0.2, 0.25) is 0 Å². The summed E-state index contributed by atoms with van der Waals surface area (Å²) in [6.45, 7) is 0. The number of para-hydroxylation sites is 2. The van der Waals surface area contributed by atoms with E-state index < -0.39 is 0 Å². The number of hydrogen-bond acceptors (Lipinski definition) is 10. The van der Waals surface area contributed by atoms with E-state index in [0.717, 1.165) is 0 Å². The van der Waals surface area contributed by atoms with Crippen LogP contribution in [0.3, 0.4) is 0 Å². The average molecular weight is 427 g/mol. The molecule has 4 aromatic rings. The second kappa shape index (κ2) is 8.69. The zero-order valence-corrected chi connectivity index (χ0v) is 16.6. The minimum Gasteiger partial charge on any atom is -0.495 e. The molecule has 0 saturated carbocycles. The third-order valence-corrected chi connectivity index (χ3v) is 4.87. The molecular formula is C18H17N7O4S. The van der Waals surface area contributed by atoms with Gasteiger partial charge in [-0.25, -0.2) is 4.68 Å². The molecule has 1 aromatic carbocycles. The van der Waals surface area contributed by atoms with Gasteiger partial charge in [-0.3, -0.25) is 4.79 Å². The van der Waals surface area contributed by atoms with Gasteiger partial charge in [0.25, 0.3) is 0 Å². The number of thioether (sulfide) groups is 1. The molecule has 154 valence electrons. The summed E-state index contributed by atoms with van der Waals surface area (Å²) in [6, 6.07) is 10.6. The molecule has 0 aliphatic rings. The van der Waals surface area contributed by atoms with Crippen molar-refractivity contribution in [2.24, 2.45) is 0 Å². The first-order valence-corrected chi connectivity index (χ1v) is 9.74. The molecule has 3 N–H and O–H groups in total. The van der Waals surface area contributed by atoms with Crippen LogP contribution >= 0.6 is 11.8 Å². The van der Waals surface area contributed by atoms with Crippen LogP contribution in [0.5, 0.6) is 5.75 Å². The van der Waals surface area contributed by atoms with E-state index in [9.17, 15) is 4.79 Å². The van der Waals surface area contributed by atoms with Gasteiger partial charge in [0, 0.05) is 0 Å². The van der Waals surface area contributed by atoms with Crippen molar-refractivity contribution in [1.82, 2.24) is 25.0 Å². The quantitative estimate of drug-likeness (QED) is 0.316. The number of hydrogen-bond donors (Lipinski definition) is 2. The molecule has 1 amide bonds. The maximum absolute atomic E-state index is 12.3. The van der Waals surface area contributed by atoms with Crippen molar-refractivity contribution in [3.8, 4) is 17.3 Å². The third kappa shape index (κ3) is 4.27. The zero-order chi connectivity index (χ0) is 20.9. The Hall–Kier alpha value is -3.80. The Kier molecular flexibility index (Phi) is 5.66. The van der Waals surface area contributed by atoms with Crippen LogP contribution in [0.1, 0.15) is 11.7 Å². The summed E-state index contributed by atoms with van der Waals surface area (Å²) in [5, 5.41) is 15.1. The van der Waals surface area contributed by atoms with Crippen molar-refractivity contribution in [1.29, 1.82) is 0 Å². The van der Waals surface area contributed by atoms with Crippen LogP contribution < -0.4 is 15.9 Å². The Morgan fingerprint density at radius 1 is 1.27 bits per heavy atom. The number of anilines is 1. The first-order valence-electron chi connectivity index (χ1n) is 8.75. The topological polar surface area (TPSA) is 147 Å². The van der Waals surface area contributed by atoms with Crippen molar-refractivity contribution in [3.63, 3.8) is 0 Å². The predicted molar refractivity (Wildman–Crippen MR) is 107 cm³/mol. The predicted octanol–water partition coefficient (Wildman–Crippen LogP) is 2.12. The smallest absolute Gasteiger partial charge is 0.237 e. The van der Waals surface area contributed by atoms with Gasteiger partial charge in [-0.05, 0) is 24.3 Å². The Balaban J connectivity index is 1.34. The lowest BCUT2D eigenvalue weighted by atomic mass is 10.2. The normalized spacial score (nSPS) is 10.8. The highest BCUT2D eigenvalue weighted by atomic mass is 32.2. The molecule has 0 atom stereocenters. The minimum absolute atomic E-state index is 0.0398. The SMILES string of the molecule is COc1ccccc1NC(=O)Cc1noc(CSc2nnc(-c3ccco3)n2N)n1. The molecule has 0 bridgehead atoms. The number of nitrogen functional groups attached to an aromatic ring is 1. The summed E-state index contributed by atoms with van der Waals surface area (Å²) in [6.07, 6.45) is 1.49. The molecule has 0 fully saturated rings. The van der Waals surface area contributed by atoms with E-state index >= 15 is 0 Å². The Morgan fingerprint density at radius 3 is 2.93 bits per heavy atom. The summed E-state index contributed by atoms with van der Waals surface area (Å²) in [5.74, 6) is 8.12. The highest BCUT2D eigenvalue weighted by molar-refractivity contribution is 7.98. The van der Waals surface area contributed by atoms with Gasteiger partial charge in [0.05, 0.1) is 31.2 Å². The molecule has 12 heteroatoms. The molecule has 11 nitrogen and oxygen atoms in total. The van der Waals surface area contributed by atoms with Gasteiger partial charge in [-0.15, -0.1) is 10.2 Å². The van der Waals surface area contributed by atoms with E-state index in [1.807, 2.05) is 6.07 Å². The van der Waals surface area contributed by atoms with E-state index in [-0.39, 0.29) is 18.2 Å². The fraction of sp³-hybridized carbons (Fsp3) is 0.167. The first kappa shape index (κ1) is 19.5. The maximum Gasteiger partial charge on any atom is 0.237 e. The van der Waals surface area contributed by atoms with E-state index in [1.54, 1.807) is 30.3 Å². The monoisotopic (exact) mass is 427 g/mol. The maximum atomic E-state index is 12.3. The summed E-state index contributed by atoms with van der Waals surface area (Å²) in [5.41, 5.74) is 0.568. The standard InChI is InChI=1S/C18H17N7O4S/c1-27-12-6-3-2-5-11(12)20-15(26)9-14-21-16(29-24-14)10-30-18-23-22-17(25(18)19)13-7-4-8-28-13/h2-8H,9-10,19H2,1H3,(H,20,26). The Morgan fingerprint density at radius 2 is 2.13 bits per heavy atom. The van der Waals surface area contributed by atoms with Gasteiger partial charge in [-0.1, -0.05) is 29.1 Å². The molecule has 0 aliphatic carbocycles. The van der Waals surface area contributed by atoms with Crippen molar-refractivity contribution in [2.75, 3.05) is 18.3 Å². The summed E-state index contributed by atoms with van der Waals surface area (Å²) in [7, 11) is 1.54. The fourth-order valence-corrected chi connectivity index (χ4v) is 3.28. The number of nitrogens with one attached hydrogen (secondary N) is 1. The van der Waals surface area contributed by atoms with Crippen LogP contribution in [-0.4, -0.2) is 38.0 Å². The van der Waals surface area contributed by atoms with Gasteiger partial charge in [0.2, 0.25) is 22.8 Å². The number of methoxy groups -OCH3 is 1. The number of amides is 1. The average Bonchev–Trinajstić information content (AvgIpc) is 3.49. The number of carbonyl (C=O) groups is 1. The third-order valence-electron chi connectivity index (χ3n) is 3.94. The van der Waals surface area contributed by atoms with Gasteiger partial charge in [0.15, 0.2) is 11.6 Å². The highest BCUT2D eigenvalue weighted by Gasteiger charge is 2.17. The van der Waals surface area contributed by atoms with Gasteiger partial charge >= 0.3 is 0 Å². The molecule has 3 heterocycles. The van der Waals surface area contributed by atoms with Gasteiger partial charge in [0.1, 0.15) is 5.75 Å². The van der Waals surface area contributed by atoms with Crippen LogP contribution in [0, 0.1) is 0 Å². The van der Waals surface area contributed by atoms with Gasteiger partial charge in [-0.2, -0.15) is 4.98 Å². The molecule has 3 aromatic heterocycles. The number of nitrogens with two attached hydrogens (primary N) is 1. The van der Waals surface area contributed by atoms with E-state index in [2.05, 4.69) is 25.7 Å². The Labute approximate surface area is 174 Å². The van der Waals surface area contributed by atoms with Crippen LogP contribution in [0.15, 0.2) is 56.8 Å². The second-order valence-corrected chi connectivity index (χ2v) is 6.91. The molecule has 0 spiro atoms. The van der Waals surface area contributed by atoms with Gasteiger partial charge < -0.3 is 24.8 Å². The number of benzene rings is 1. The fourth-order valence-electron chi connectivity index (χ4n) is 2.58.